The fourth-order valence-electron chi connectivity index (χ4n) is 5.99. The predicted octanol–water partition coefficient (Wildman–Crippen LogP) is 13.5. The van der Waals surface area contributed by atoms with Crippen molar-refractivity contribution in [3.8, 4) is 0 Å². The summed E-state index contributed by atoms with van der Waals surface area (Å²) in [6.45, 7) is 5.63. The Morgan fingerprint density at radius 1 is 0.510 bits per heavy atom. The Kier molecular flexibility index (Phi) is 41.2. The van der Waals surface area contributed by atoms with Crippen molar-refractivity contribution in [2.75, 3.05) is 27.2 Å². The monoisotopic (exact) mass is 692 g/mol. The van der Waals surface area contributed by atoms with Gasteiger partial charge in [-0.15, -0.1) is 0 Å². The molecule has 0 aliphatic rings. The van der Waals surface area contributed by atoms with E-state index in [-0.39, 0.29) is 32.1 Å². The van der Waals surface area contributed by atoms with Gasteiger partial charge in [0.2, 0.25) is 0 Å². The molecule has 0 bridgehead atoms. The normalized spacial score (nSPS) is 12.2. The topological polar surface area (TPSA) is 55.8 Å². The summed E-state index contributed by atoms with van der Waals surface area (Å²) in [6, 6.07) is 0. The Morgan fingerprint density at radius 3 is 1.29 bits per heavy atom. The average Bonchev–Trinajstić information content (AvgIpc) is 3.06. The minimum Gasteiger partial charge on any atom is -0.462 e. The summed E-state index contributed by atoms with van der Waals surface area (Å²) in [5.74, 6) is -0.325. The molecule has 0 N–H and O–H groups in total. The van der Waals surface area contributed by atoms with Crippen LogP contribution in [-0.4, -0.2) is 50.2 Å². The second-order valence-corrected chi connectivity index (χ2v) is 14.4. The molecular formula is C44H85NO4. The zero-order chi connectivity index (χ0) is 35.2. The molecule has 1 unspecified atom stereocenters. The van der Waals surface area contributed by atoms with E-state index in [9.17, 15) is 9.59 Å². The maximum atomic E-state index is 12.6. The van der Waals surface area contributed by atoms with Crippen LogP contribution in [0.1, 0.15) is 214 Å². The molecule has 0 aromatic heterocycles. The Morgan fingerprint density at radius 2 is 0.878 bits per heavy atom. The number of rotatable bonds is 37. The molecule has 0 saturated carbocycles. The molecular weight excluding hydrogens is 606 g/mol. The maximum absolute atomic E-state index is 12.6. The molecule has 0 rings (SSSR count). The number of hydrogen-bond acceptors (Lipinski definition) is 5. The van der Waals surface area contributed by atoms with Gasteiger partial charge in [0.15, 0.2) is 0 Å². The van der Waals surface area contributed by atoms with Crippen LogP contribution in [0.2, 0.25) is 0 Å². The maximum Gasteiger partial charge on any atom is 0.306 e. The molecule has 0 aromatic rings. The Labute approximate surface area is 306 Å². The highest BCUT2D eigenvalue weighted by Crippen LogP contribution is 2.14. The number of unbranched alkanes of at least 4 members (excludes halogenated alkanes) is 22. The first-order chi connectivity index (χ1) is 23.5. The zero-order valence-electron chi connectivity index (χ0n) is 32.6. The molecule has 0 spiro atoms. The van der Waals surface area contributed by atoms with Crippen LogP contribution >= 0.6 is 0 Å². The highest BCUT2D eigenvalue weighted by Gasteiger charge is 2.17. The van der Waals surface area contributed by atoms with E-state index in [0.29, 0.717) is 12.8 Å². The predicted molar refractivity (Wildman–Crippen MR) is 214 cm³/mol. The van der Waals surface area contributed by atoms with Crippen molar-refractivity contribution >= 4 is 11.9 Å². The van der Waals surface area contributed by atoms with Gasteiger partial charge in [-0.3, -0.25) is 9.59 Å². The summed E-state index contributed by atoms with van der Waals surface area (Å²) in [5, 5.41) is 0. The number of carbonyl (C=O) groups is 2. The first-order valence-corrected chi connectivity index (χ1v) is 20.8. The lowest BCUT2D eigenvalue weighted by molar-refractivity contribution is -0.159. The van der Waals surface area contributed by atoms with Crippen molar-refractivity contribution in [2.24, 2.45) is 0 Å². The van der Waals surface area contributed by atoms with E-state index < -0.39 is 0 Å². The highest BCUT2D eigenvalue weighted by atomic mass is 16.6. The summed E-state index contributed by atoms with van der Waals surface area (Å²) in [7, 11) is 4.09. The number of hydrogen-bond donors (Lipinski definition) is 0. The smallest absolute Gasteiger partial charge is 0.306 e. The van der Waals surface area contributed by atoms with Gasteiger partial charge in [-0.1, -0.05) is 148 Å². The summed E-state index contributed by atoms with van der Waals surface area (Å²) in [6.07, 6.45) is 43.8. The Hall–Kier alpha value is -1.62. The van der Waals surface area contributed by atoms with Crippen molar-refractivity contribution in [1.29, 1.82) is 0 Å². The molecule has 5 heteroatoms. The summed E-state index contributed by atoms with van der Waals surface area (Å²) in [4.78, 5) is 27.1. The minimum absolute atomic E-state index is 0. The van der Waals surface area contributed by atoms with Crippen LogP contribution in [0.25, 0.3) is 0 Å². The Bertz CT molecular complexity index is 747. The van der Waals surface area contributed by atoms with E-state index >= 15 is 0 Å². The number of carbonyl (C=O) groups excluding carboxylic acids is 2. The highest BCUT2D eigenvalue weighted by molar-refractivity contribution is 5.70. The van der Waals surface area contributed by atoms with E-state index in [1.54, 1.807) is 0 Å². The van der Waals surface area contributed by atoms with Crippen molar-refractivity contribution in [3.05, 3.63) is 24.3 Å². The molecule has 0 radical (unpaired) electrons. The van der Waals surface area contributed by atoms with Gasteiger partial charge < -0.3 is 14.4 Å². The summed E-state index contributed by atoms with van der Waals surface area (Å²) < 4.78 is 11.4. The Balaban J connectivity index is 0. The van der Waals surface area contributed by atoms with Gasteiger partial charge in [-0.05, 0) is 97.7 Å². The molecule has 5 nitrogen and oxygen atoms in total. The molecule has 0 amide bonds. The molecule has 0 fully saturated rings. The molecule has 0 aliphatic heterocycles. The van der Waals surface area contributed by atoms with Crippen LogP contribution in [-0.2, 0) is 19.1 Å². The van der Waals surface area contributed by atoms with Crippen molar-refractivity contribution in [2.45, 2.75) is 220 Å². The van der Waals surface area contributed by atoms with Crippen LogP contribution in [0.4, 0.5) is 0 Å². The van der Waals surface area contributed by atoms with Crippen LogP contribution < -0.4 is 0 Å². The molecule has 0 saturated heterocycles. The second kappa shape index (κ2) is 40.8. The summed E-state index contributed by atoms with van der Waals surface area (Å²) >= 11 is 0. The quantitative estimate of drug-likeness (QED) is 0.0369. The summed E-state index contributed by atoms with van der Waals surface area (Å²) in [5.41, 5.74) is 0. The van der Waals surface area contributed by atoms with Gasteiger partial charge in [0.05, 0.1) is 0 Å². The lowest BCUT2D eigenvalue weighted by atomic mass is 10.1. The standard InChI is InChI=1S/C43H81NO4.CH4/c1-5-7-9-11-13-15-17-19-21-23-25-27-29-31-33-37-42(45)47-40-41(36-35-39-44(3)4)48-43(46)38-34-32-30-28-26-24-22-20-18-16-14-12-10-8-6-2;/h19-22,41H,5-18,23-40H2,1-4H3;1H4/b21-19-,22-20-;. The lowest BCUT2D eigenvalue weighted by Crippen LogP contribution is -2.26. The number of ether oxygens (including phenoxy) is 2. The molecule has 290 valence electrons. The molecule has 0 heterocycles. The van der Waals surface area contributed by atoms with Gasteiger partial charge in [0.25, 0.3) is 0 Å². The van der Waals surface area contributed by atoms with Crippen LogP contribution in [0.15, 0.2) is 24.3 Å². The van der Waals surface area contributed by atoms with E-state index in [1.807, 2.05) is 14.1 Å². The fraction of sp³-hybridized carbons (Fsp3) is 0.864. The fourth-order valence-corrected chi connectivity index (χ4v) is 5.99. The minimum atomic E-state index is -0.348. The van der Waals surface area contributed by atoms with Gasteiger partial charge in [0, 0.05) is 12.8 Å². The van der Waals surface area contributed by atoms with E-state index in [4.69, 9.17) is 9.47 Å². The van der Waals surface area contributed by atoms with Gasteiger partial charge in [-0.2, -0.15) is 0 Å². The van der Waals surface area contributed by atoms with Crippen molar-refractivity contribution < 1.29 is 19.1 Å². The van der Waals surface area contributed by atoms with E-state index in [0.717, 1.165) is 45.1 Å². The SMILES string of the molecule is C.CCCCCCCC/C=C\CCCCCCCC(=O)OCC(CCCN(C)C)OC(=O)CCCCCCC/C=C\CCCCCCCC. The molecule has 0 aliphatic carbocycles. The third-order valence-electron chi connectivity index (χ3n) is 9.15. The lowest BCUT2D eigenvalue weighted by Gasteiger charge is -2.19. The van der Waals surface area contributed by atoms with Crippen molar-refractivity contribution in [1.82, 2.24) is 4.90 Å². The third-order valence-corrected chi connectivity index (χ3v) is 9.15. The zero-order valence-corrected chi connectivity index (χ0v) is 32.6. The van der Waals surface area contributed by atoms with Crippen LogP contribution in [0, 0.1) is 0 Å². The van der Waals surface area contributed by atoms with Crippen molar-refractivity contribution in [3.63, 3.8) is 0 Å². The number of nitrogens with zero attached hydrogens (tertiary/aromatic N) is 1. The molecule has 49 heavy (non-hydrogen) atoms. The van der Waals surface area contributed by atoms with Gasteiger partial charge in [0.1, 0.15) is 12.7 Å². The molecule has 1 atom stereocenters. The van der Waals surface area contributed by atoms with Gasteiger partial charge in [-0.25, -0.2) is 0 Å². The molecule has 0 aromatic carbocycles. The first kappa shape index (κ1) is 49.5. The first-order valence-electron chi connectivity index (χ1n) is 20.8. The van der Waals surface area contributed by atoms with Gasteiger partial charge >= 0.3 is 11.9 Å². The van der Waals surface area contributed by atoms with E-state index in [2.05, 4.69) is 43.1 Å². The van der Waals surface area contributed by atoms with Crippen LogP contribution in [0.5, 0.6) is 0 Å². The third kappa shape index (κ3) is 40.7. The average molecular weight is 692 g/mol. The number of esters is 2. The largest absolute Gasteiger partial charge is 0.462 e. The van der Waals surface area contributed by atoms with E-state index in [1.165, 1.54) is 141 Å². The second-order valence-electron chi connectivity index (χ2n) is 14.4. The number of allylic oxidation sites excluding steroid dienone is 4. The van der Waals surface area contributed by atoms with Crippen LogP contribution in [0.3, 0.4) is 0 Å².